The van der Waals surface area contributed by atoms with Gasteiger partial charge in [-0.15, -0.1) is 11.3 Å². The van der Waals surface area contributed by atoms with Crippen LogP contribution in [0.15, 0.2) is 41.9 Å². The summed E-state index contributed by atoms with van der Waals surface area (Å²) < 4.78 is 0. The van der Waals surface area contributed by atoms with Crippen molar-refractivity contribution in [2.45, 2.75) is 0 Å². The number of hydrogen-bond donors (Lipinski definition) is 1. The molecule has 3 rings (SSSR count). The molecule has 1 N–H and O–H groups in total. The molecule has 0 aliphatic rings. The number of ketones is 1. The van der Waals surface area contributed by atoms with E-state index in [1.807, 2.05) is 0 Å². The predicted molar refractivity (Wildman–Crippen MR) is 72.7 cm³/mol. The van der Waals surface area contributed by atoms with Gasteiger partial charge in [0.1, 0.15) is 0 Å². The molecule has 0 aliphatic carbocycles. The Labute approximate surface area is 111 Å². The molecule has 0 saturated carbocycles. The second-order valence-electron chi connectivity index (χ2n) is 3.97. The number of carbonyl (C=O) groups is 1. The molecule has 2 heterocycles. The average Bonchev–Trinajstić information content (AvgIpc) is 3.06. The molecule has 6 heteroatoms. The second-order valence-corrected chi connectivity index (χ2v) is 4.91. The van der Waals surface area contributed by atoms with E-state index in [9.17, 15) is 14.9 Å². The normalized spacial score (nSPS) is 10.7. The zero-order valence-corrected chi connectivity index (χ0v) is 10.4. The summed E-state index contributed by atoms with van der Waals surface area (Å²) in [5.41, 5.74) is 0.873. The van der Waals surface area contributed by atoms with Crippen LogP contribution < -0.4 is 0 Å². The van der Waals surface area contributed by atoms with Crippen molar-refractivity contribution in [3.05, 3.63) is 62.5 Å². The number of carbonyl (C=O) groups excluding carboxylic acids is 1. The number of nitrogens with zero attached hydrogens (tertiary/aromatic N) is 1. The van der Waals surface area contributed by atoms with Crippen molar-refractivity contribution >= 4 is 33.7 Å². The number of aromatic amines is 1. The summed E-state index contributed by atoms with van der Waals surface area (Å²) in [6, 6.07) is 8.20. The number of rotatable bonds is 3. The smallest absolute Gasteiger partial charge is 0.279 e. The van der Waals surface area contributed by atoms with Crippen LogP contribution in [-0.2, 0) is 0 Å². The van der Waals surface area contributed by atoms with Crippen LogP contribution in [0.5, 0.6) is 0 Å². The monoisotopic (exact) mass is 272 g/mol. The predicted octanol–water partition coefficient (Wildman–Crippen LogP) is 3.37. The first kappa shape index (κ1) is 11.6. The second kappa shape index (κ2) is 4.33. The van der Waals surface area contributed by atoms with E-state index in [2.05, 4.69) is 4.98 Å². The highest BCUT2D eigenvalue weighted by molar-refractivity contribution is 7.12. The Morgan fingerprint density at radius 2 is 2.11 bits per heavy atom. The molecular formula is C13H8N2O3S. The molecule has 0 amide bonds. The van der Waals surface area contributed by atoms with Crippen molar-refractivity contribution in [3.8, 4) is 0 Å². The Bertz CT molecular complexity index is 774. The summed E-state index contributed by atoms with van der Waals surface area (Å²) in [4.78, 5) is 26.4. The van der Waals surface area contributed by atoms with Gasteiger partial charge in [-0.25, -0.2) is 0 Å². The highest BCUT2D eigenvalue weighted by Crippen LogP contribution is 2.30. The van der Waals surface area contributed by atoms with Gasteiger partial charge in [-0.1, -0.05) is 12.1 Å². The van der Waals surface area contributed by atoms with Crippen molar-refractivity contribution in [2.24, 2.45) is 0 Å². The van der Waals surface area contributed by atoms with Crippen LogP contribution in [0, 0.1) is 10.1 Å². The minimum absolute atomic E-state index is 0.0568. The number of nitro benzene ring substituents is 1. The number of fused-ring (bicyclic) bond motifs is 1. The van der Waals surface area contributed by atoms with E-state index >= 15 is 0 Å². The van der Waals surface area contributed by atoms with Gasteiger partial charge in [-0.2, -0.15) is 0 Å². The maximum absolute atomic E-state index is 12.3. The Kier molecular flexibility index (Phi) is 2.64. The summed E-state index contributed by atoms with van der Waals surface area (Å²) >= 11 is 1.32. The van der Waals surface area contributed by atoms with Gasteiger partial charge in [0.15, 0.2) is 0 Å². The van der Waals surface area contributed by atoms with Crippen LogP contribution in [0.2, 0.25) is 0 Å². The van der Waals surface area contributed by atoms with Crippen molar-refractivity contribution in [2.75, 3.05) is 0 Å². The maximum Gasteiger partial charge on any atom is 0.279 e. The van der Waals surface area contributed by atoms with Gasteiger partial charge < -0.3 is 4.98 Å². The van der Waals surface area contributed by atoms with E-state index in [-0.39, 0.29) is 11.5 Å². The topological polar surface area (TPSA) is 76.0 Å². The number of non-ortho nitro benzene ring substituents is 1. The summed E-state index contributed by atoms with van der Waals surface area (Å²) in [5.74, 6) is -0.199. The lowest BCUT2D eigenvalue weighted by Gasteiger charge is -1.98. The van der Waals surface area contributed by atoms with E-state index in [0.717, 1.165) is 0 Å². The van der Waals surface area contributed by atoms with Crippen molar-refractivity contribution in [1.82, 2.24) is 4.98 Å². The average molecular weight is 272 g/mol. The molecule has 5 nitrogen and oxygen atoms in total. The molecule has 0 atom stereocenters. The highest BCUT2D eigenvalue weighted by atomic mass is 32.1. The number of H-pyrrole nitrogens is 1. The van der Waals surface area contributed by atoms with E-state index in [1.54, 1.807) is 29.6 Å². The maximum atomic E-state index is 12.3. The van der Waals surface area contributed by atoms with Gasteiger partial charge in [0.25, 0.3) is 5.69 Å². The van der Waals surface area contributed by atoms with Crippen molar-refractivity contribution in [1.29, 1.82) is 0 Å². The first-order valence-electron chi connectivity index (χ1n) is 5.51. The summed E-state index contributed by atoms with van der Waals surface area (Å²) in [6.45, 7) is 0. The molecule has 19 heavy (non-hydrogen) atoms. The third-order valence-corrected chi connectivity index (χ3v) is 3.74. The molecule has 0 saturated heterocycles. The molecule has 0 unspecified atom stereocenters. The van der Waals surface area contributed by atoms with Gasteiger partial charge in [0.05, 0.1) is 26.3 Å². The zero-order chi connectivity index (χ0) is 13.4. The number of benzene rings is 1. The first-order valence-corrected chi connectivity index (χ1v) is 6.39. The minimum Gasteiger partial charge on any atom is -0.360 e. The number of thiophene rings is 1. The minimum atomic E-state index is -0.471. The lowest BCUT2D eigenvalue weighted by atomic mass is 10.1. The number of nitrogens with one attached hydrogen (secondary N) is 1. The van der Waals surface area contributed by atoms with Gasteiger partial charge in [-0.3, -0.25) is 14.9 Å². The molecule has 0 spiro atoms. The highest BCUT2D eigenvalue weighted by Gasteiger charge is 2.22. The van der Waals surface area contributed by atoms with E-state index in [0.29, 0.717) is 21.3 Å². The molecule has 0 fully saturated rings. The largest absolute Gasteiger partial charge is 0.360 e. The lowest BCUT2D eigenvalue weighted by molar-refractivity contribution is -0.383. The summed E-state index contributed by atoms with van der Waals surface area (Å²) in [5, 5.41) is 13.2. The Morgan fingerprint density at radius 1 is 1.26 bits per heavy atom. The quantitative estimate of drug-likeness (QED) is 0.451. The SMILES string of the molecule is O=C(c1cccs1)c1c[nH]c2cccc([N+](=O)[O-])c12. The fraction of sp³-hybridized carbons (Fsp3) is 0. The lowest BCUT2D eigenvalue weighted by Crippen LogP contribution is -1.98. The third kappa shape index (κ3) is 1.82. The van der Waals surface area contributed by atoms with Crippen LogP contribution in [0.25, 0.3) is 10.9 Å². The fourth-order valence-electron chi connectivity index (χ4n) is 2.04. The first-order chi connectivity index (χ1) is 9.18. The van der Waals surface area contributed by atoms with Gasteiger partial charge in [0, 0.05) is 12.3 Å². The van der Waals surface area contributed by atoms with E-state index in [4.69, 9.17) is 0 Å². The number of nitro groups is 1. The number of hydrogen-bond acceptors (Lipinski definition) is 4. The fourth-order valence-corrected chi connectivity index (χ4v) is 2.72. The molecule has 94 valence electrons. The van der Waals surface area contributed by atoms with E-state index in [1.165, 1.54) is 23.6 Å². The number of aromatic nitrogens is 1. The summed E-state index contributed by atoms with van der Waals surface area (Å²) in [6.07, 6.45) is 1.53. The van der Waals surface area contributed by atoms with Crippen molar-refractivity contribution in [3.63, 3.8) is 0 Å². The molecule has 2 aromatic heterocycles. The third-order valence-electron chi connectivity index (χ3n) is 2.87. The Morgan fingerprint density at radius 3 is 2.79 bits per heavy atom. The molecule has 3 aromatic rings. The van der Waals surface area contributed by atoms with E-state index < -0.39 is 4.92 Å². The van der Waals surface area contributed by atoms with Gasteiger partial charge in [0.2, 0.25) is 5.78 Å². The molecular weight excluding hydrogens is 264 g/mol. The van der Waals surface area contributed by atoms with Crippen LogP contribution in [0.3, 0.4) is 0 Å². The standard InChI is InChI=1S/C13H8N2O3S/c16-13(11-5-2-6-19-11)8-7-14-9-3-1-4-10(12(8)9)15(17)18/h1-7,14H. The van der Waals surface area contributed by atoms with Crippen LogP contribution >= 0.6 is 11.3 Å². The molecule has 0 aliphatic heterocycles. The molecule has 1 aromatic carbocycles. The Hall–Kier alpha value is -2.47. The Balaban J connectivity index is 2.25. The molecule has 0 bridgehead atoms. The summed E-state index contributed by atoms with van der Waals surface area (Å²) in [7, 11) is 0. The zero-order valence-electron chi connectivity index (χ0n) is 9.62. The van der Waals surface area contributed by atoms with Gasteiger partial charge in [-0.05, 0) is 17.5 Å². The van der Waals surface area contributed by atoms with Crippen molar-refractivity contribution < 1.29 is 9.72 Å². The van der Waals surface area contributed by atoms with Crippen LogP contribution in [-0.4, -0.2) is 15.7 Å². The van der Waals surface area contributed by atoms with Crippen LogP contribution in [0.1, 0.15) is 15.2 Å². The van der Waals surface area contributed by atoms with Gasteiger partial charge >= 0.3 is 0 Å². The van der Waals surface area contributed by atoms with Crippen LogP contribution in [0.4, 0.5) is 5.69 Å². The molecule has 0 radical (unpaired) electrons.